The highest BCUT2D eigenvalue weighted by Gasteiger charge is 2.24. The third kappa shape index (κ3) is 3.93. The first-order valence-corrected chi connectivity index (χ1v) is 9.59. The summed E-state index contributed by atoms with van der Waals surface area (Å²) in [6, 6.07) is 3.89. The third-order valence-corrected chi connectivity index (χ3v) is 4.73. The molecule has 2 N–H and O–H groups in total. The van der Waals surface area contributed by atoms with E-state index in [0.717, 1.165) is 5.39 Å². The van der Waals surface area contributed by atoms with E-state index in [1.54, 1.807) is 30.3 Å². The largest absolute Gasteiger partial charge is 0.467 e. The van der Waals surface area contributed by atoms with Crippen LogP contribution in [0.5, 0.6) is 5.88 Å². The van der Waals surface area contributed by atoms with Gasteiger partial charge in [-0.1, -0.05) is 0 Å². The van der Waals surface area contributed by atoms with E-state index >= 15 is 0 Å². The number of aromatic nitrogens is 5. The van der Waals surface area contributed by atoms with E-state index in [1.807, 2.05) is 11.5 Å². The highest BCUT2D eigenvalue weighted by Crippen LogP contribution is 2.29. The maximum Gasteiger partial charge on any atom is 0.257 e. The zero-order valence-electron chi connectivity index (χ0n) is 16.8. The lowest BCUT2D eigenvalue weighted by Gasteiger charge is -2.25. The second-order valence-electron chi connectivity index (χ2n) is 7.03. The lowest BCUT2D eigenvalue weighted by molar-refractivity contribution is -0.0812. The van der Waals surface area contributed by atoms with Crippen LogP contribution < -0.4 is 10.1 Å². The van der Waals surface area contributed by atoms with Gasteiger partial charge in [0.25, 0.3) is 5.88 Å². The number of fused-ring (bicyclic) bond motifs is 1. The fraction of sp³-hybridized carbons (Fsp3) is 0.474. The first-order valence-electron chi connectivity index (χ1n) is 9.59. The van der Waals surface area contributed by atoms with Gasteiger partial charge in [-0.15, -0.1) is 5.10 Å². The number of hydrogen-bond acceptors (Lipinski definition) is 9. The maximum atomic E-state index is 9.51. The van der Waals surface area contributed by atoms with Crippen LogP contribution in [0, 0.1) is 11.3 Å². The van der Waals surface area contributed by atoms with Gasteiger partial charge < -0.3 is 29.2 Å². The third-order valence-electron chi connectivity index (χ3n) is 4.73. The molecule has 30 heavy (non-hydrogen) atoms. The van der Waals surface area contributed by atoms with Gasteiger partial charge >= 0.3 is 0 Å². The number of nitriles is 1. The predicted molar refractivity (Wildman–Crippen MR) is 107 cm³/mol. The molecule has 0 saturated carbocycles. The van der Waals surface area contributed by atoms with Crippen LogP contribution in [0.25, 0.3) is 11.0 Å². The van der Waals surface area contributed by atoms with Gasteiger partial charge in [0.1, 0.15) is 29.2 Å². The average Bonchev–Trinajstić information content (AvgIpc) is 3.25. The summed E-state index contributed by atoms with van der Waals surface area (Å²) in [7, 11) is 1.62. The molecule has 11 heteroatoms. The second-order valence-corrected chi connectivity index (χ2v) is 7.03. The Hall–Kier alpha value is -3.20. The van der Waals surface area contributed by atoms with E-state index in [1.165, 1.54) is 0 Å². The summed E-state index contributed by atoms with van der Waals surface area (Å²) in [5, 5.41) is 27.0. The summed E-state index contributed by atoms with van der Waals surface area (Å²) in [6.07, 6.45) is 3.34. The molecule has 1 atom stereocenters. The minimum absolute atomic E-state index is 0.0442. The molecular weight excluding hydrogens is 390 g/mol. The zero-order valence-corrected chi connectivity index (χ0v) is 16.8. The van der Waals surface area contributed by atoms with Crippen molar-refractivity contribution in [1.29, 1.82) is 5.26 Å². The Kier molecular flexibility index (Phi) is 5.80. The number of aliphatic hydroxyl groups is 1. The lowest BCUT2D eigenvalue weighted by Crippen LogP contribution is -2.38. The van der Waals surface area contributed by atoms with Gasteiger partial charge in [0.05, 0.1) is 45.2 Å². The molecule has 0 aliphatic carbocycles. The van der Waals surface area contributed by atoms with Gasteiger partial charge in [-0.2, -0.15) is 10.2 Å². The molecule has 4 rings (SSSR count). The number of nitrogens with one attached hydrogen (secondary N) is 1. The zero-order chi connectivity index (χ0) is 21.1. The molecule has 4 heterocycles. The molecule has 1 fully saturated rings. The first kappa shape index (κ1) is 20.1. The van der Waals surface area contributed by atoms with Gasteiger partial charge in [-0.05, 0) is 13.0 Å². The van der Waals surface area contributed by atoms with Crippen LogP contribution in [-0.4, -0.2) is 69.1 Å². The standard InChI is InChI=1S/C19H23N7O4/c1-12(9-28-2)26-14(6-20)5-13-7-21-19(23-17(13)26)22-16-8-25(3-4-27)24-18(16)30-15-10-29-11-15/h5,7-8,12,15,27H,3-4,9-11H2,1-2H3,(H,21,22,23). The Morgan fingerprint density at radius 1 is 1.47 bits per heavy atom. The van der Waals surface area contributed by atoms with Crippen molar-refractivity contribution in [2.75, 3.05) is 38.9 Å². The molecule has 0 bridgehead atoms. The molecule has 1 aliphatic heterocycles. The first-order chi connectivity index (χ1) is 14.6. The van der Waals surface area contributed by atoms with Crippen LogP contribution in [0.4, 0.5) is 11.6 Å². The van der Waals surface area contributed by atoms with E-state index in [0.29, 0.717) is 55.2 Å². The minimum Gasteiger partial charge on any atom is -0.467 e. The van der Waals surface area contributed by atoms with Crippen molar-refractivity contribution >= 4 is 22.7 Å². The molecule has 0 amide bonds. The van der Waals surface area contributed by atoms with E-state index < -0.39 is 0 Å². The van der Waals surface area contributed by atoms with Crippen LogP contribution in [0.3, 0.4) is 0 Å². The summed E-state index contributed by atoms with van der Waals surface area (Å²) in [6.45, 7) is 3.72. The summed E-state index contributed by atoms with van der Waals surface area (Å²) in [5.74, 6) is 0.732. The number of aliphatic hydroxyl groups excluding tert-OH is 1. The maximum absolute atomic E-state index is 9.51. The molecule has 0 spiro atoms. The van der Waals surface area contributed by atoms with E-state index in [9.17, 15) is 10.4 Å². The van der Waals surface area contributed by atoms with Crippen molar-refractivity contribution in [3.63, 3.8) is 0 Å². The number of methoxy groups -OCH3 is 1. The summed E-state index contributed by atoms with van der Waals surface area (Å²) < 4.78 is 19.7. The number of rotatable bonds is 9. The van der Waals surface area contributed by atoms with Gasteiger partial charge in [-0.3, -0.25) is 4.68 Å². The lowest BCUT2D eigenvalue weighted by atomic mass is 10.3. The smallest absolute Gasteiger partial charge is 0.257 e. The quantitative estimate of drug-likeness (QED) is 0.531. The van der Waals surface area contributed by atoms with E-state index in [-0.39, 0.29) is 18.8 Å². The number of nitrogens with zero attached hydrogens (tertiary/aromatic N) is 6. The van der Waals surface area contributed by atoms with Gasteiger partial charge in [-0.25, -0.2) is 4.98 Å². The number of ether oxygens (including phenoxy) is 3. The van der Waals surface area contributed by atoms with Crippen molar-refractivity contribution in [3.8, 4) is 11.9 Å². The van der Waals surface area contributed by atoms with E-state index in [4.69, 9.17) is 14.2 Å². The molecule has 158 valence electrons. The Morgan fingerprint density at radius 2 is 2.30 bits per heavy atom. The van der Waals surface area contributed by atoms with Crippen LogP contribution in [0.1, 0.15) is 18.7 Å². The summed E-state index contributed by atoms with van der Waals surface area (Å²) >= 11 is 0. The highest BCUT2D eigenvalue weighted by molar-refractivity contribution is 5.79. The molecule has 1 aliphatic rings. The summed E-state index contributed by atoms with van der Waals surface area (Å²) in [5.41, 5.74) is 1.70. The van der Waals surface area contributed by atoms with Crippen molar-refractivity contribution in [2.45, 2.75) is 25.6 Å². The van der Waals surface area contributed by atoms with Crippen LogP contribution >= 0.6 is 0 Å². The SMILES string of the molecule is COCC(C)n1c(C#N)cc2cnc(Nc3cn(CCO)nc3OC3COC3)nc21. The normalized spacial score (nSPS) is 15.0. The van der Waals surface area contributed by atoms with Gasteiger partial charge in [0, 0.05) is 18.7 Å². The van der Waals surface area contributed by atoms with Crippen molar-refractivity contribution in [2.24, 2.45) is 0 Å². The molecular formula is C19H23N7O4. The Labute approximate surface area is 172 Å². The molecule has 11 nitrogen and oxygen atoms in total. The second kappa shape index (κ2) is 8.66. The minimum atomic E-state index is -0.0743. The van der Waals surface area contributed by atoms with Gasteiger partial charge in [0.2, 0.25) is 5.95 Å². The molecule has 3 aromatic heterocycles. The predicted octanol–water partition coefficient (Wildman–Crippen LogP) is 1.22. The average molecular weight is 413 g/mol. The fourth-order valence-corrected chi connectivity index (χ4v) is 3.27. The molecule has 1 saturated heterocycles. The van der Waals surface area contributed by atoms with Crippen molar-refractivity contribution in [3.05, 3.63) is 24.2 Å². The number of hydrogen-bond donors (Lipinski definition) is 2. The monoisotopic (exact) mass is 413 g/mol. The van der Waals surface area contributed by atoms with Crippen molar-refractivity contribution < 1.29 is 19.3 Å². The number of anilines is 2. The Balaban J connectivity index is 1.66. The van der Waals surface area contributed by atoms with Gasteiger partial charge in [0.15, 0.2) is 0 Å². The van der Waals surface area contributed by atoms with Crippen LogP contribution in [0.15, 0.2) is 18.5 Å². The molecule has 3 aromatic rings. The fourth-order valence-electron chi connectivity index (χ4n) is 3.27. The molecule has 0 radical (unpaired) electrons. The highest BCUT2D eigenvalue weighted by atomic mass is 16.6. The Bertz CT molecular complexity index is 1070. The topological polar surface area (TPSA) is 132 Å². The van der Waals surface area contributed by atoms with Crippen LogP contribution in [-0.2, 0) is 16.0 Å². The summed E-state index contributed by atoms with van der Waals surface area (Å²) in [4.78, 5) is 8.98. The molecule has 0 aromatic carbocycles. The van der Waals surface area contributed by atoms with Crippen molar-refractivity contribution in [1.82, 2.24) is 24.3 Å². The Morgan fingerprint density at radius 3 is 2.97 bits per heavy atom. The molecule has 1 unspecified atom stereocenters. The van der Waals surface area contributed by atoms with Crippen LogP contribution in [0.2, 0.25) is 0 Å². The van der Waals surface area contributed by atoms with E-state index in [2.05, 4.69) is 26.5 Å².